The lowest BCUT2D eigenvalue weighted by molar-refractivity contribution is -0.122. The Kier molecular flexibility index (Phi) is 6.81. The summed E-state index contributed by atoms with van der Waals surface area (Å²) in [5.74, 6) is -1.56. The number of thioether (sulfide) groups is 1. The van der Waals surface area contributed by atoms with E-state index in [2.05, 4.69) is 5.32 Å². The maximum atomic E-state index is 13.9. The van der Waals surface area contributed by atoms with Crippen LogP contribution in [-0.4, -0.2) is 34.6 Å². The smallest absolute Gasteiger partial charge is 0.308 e. The molecule has 0 saturated carbocycles. The number of carbonyl (C=O) groups excluding carboxylic acids is 3. The fourth-order valence-electron chi connectivity index (χ4n) is 5.32. The molecular formula is C30H25N3O5S2. The summed E-state index contributed by atoms with van der Waals surface area (Å²) in [5.41, 5.74) is 2.95. The molecule has 1 N–H and O–H groups in total. The molecule has 1 saturated heterocycles. The van der Waals surface area contributed by atoms with Crippen LogP contribution in [0.15, 0.2) is 88.7 Å². The van der Waals surface area contributed by atoms with Gasteiger partial charge in [0, 0.05) is 16.5 Å². The molecule has 202 valence electrons. The molecule has 40 heavy (non-hydrogen) atoms. The molecule has 8 nitrogen and oxygen atoms in total. The first-order valence-electron chi connectivity index (χ1n) is 12.7. The molecule has 0 spiro atoms. The first kappa shape index (κ1) is 26.1. The number of ether oxygens (including phenoxy) is 1. The van der Waals surface area contributed by atoms with Gasteiger partial charge in [-0.1, -0.05) is 65.6 Å². The number of fused-ring (bicyclic) bond motifs is 2. The number of aromatic nitrogens is 1. The molecule has 0 bridgehead atoms. The minimum Gasteiger partial charge on any atom is -0.497 e. The van der Waals surface area contributed by atoms with Gasteiger partial charge in [0.15, 0.2) is 0 Å². The summed E-state index contributed by atoms with van der Waals surface area (Å²) in [7, 11) is 1.57. The molecule has 2 aliphatic rings. The maximum Gasteiger partial charge on any atom is 0.308 e. The molecule has 1 aromatic heterocycles. The van der Waals surface area contributed by atoms with Crippen LogP contribution in [0.2, 0.25) is 0 Å². The van der Waals surface area contributed by atoms with Gasteiger partial charge >= 0.3 is 4.87 Å². The number of carbonyl (C=O) groups is 3. The summed E-state index contributed by atoms with van der Waals surface area (Å²) >= 11 is 2.22. The van der Waals surface area contributed by atoms with Gasteiger partial charge in [0.05, 0.1) is 23.7 Å². The van der Waals surface area contributed by atoms with Gasteiger partial charge in [0.2, 0.25) is 17.7 Å². The summed E-state index contributed by atoms with van der Waals surface area (Å²) in [4.78, 5) is 55.6. The molecule has 3 heterocycles. The van der Waals surface area contributed by atoms with Crippen LogP contribution in [0.4, 0.5) is 11.4 Å². The molecule has 3 unspecified atom stereocenters. The Morgan fingerprint density at radius 2 is 1.70 bits per heavy atom. The minimum atomic E-state index is -0.743. The van der Waals surface area contributed by atoms with Crippen molar-refractivity contribution in [3.05, 3.63) is 105 Å². The van der Waals surface area contributed by atoms with E-state index in [-0.39, 0.29) is 29.1 Å². The Balaban J connectivity index is 1.41. The van der Waals surface area contributed by atoms with Crippen molar-refractivity contribution in [3.63, 3.8) is 0 Å². The number of imide groups is 1. The van der Waals surface area contributed by atoms with E-state index in [0.29, 0.717) is 27.0 Å². The predicted octanol–water partition coefficient (Wildman–Crippen LogP) is 4.66. The summed E-state index contributed by atoms with van der Waals surface area (Å²) in [6.07, 6.45) is 0. The third-order valence-electron chi connectivity index (χ3n) is 7.14. The molecule has 3 aromatic carbocycles. The first-order chi connectivity index (χ1) is 19.4. The highest BCUT2D eigenvalue weighted by Gasteiger charge is 2.56. The minimum absolute atomic E-state index is 0.205. The SMILES string of the molecule is COc1ccc(C2c3sc(=O)n(CC(=O)Nc4cccc(C)c4)c3SC3C(=O)N(c4ccccc4)C(=O)C32)cc1. The van der Waals surface area contributed by atoms with Crippen LogP contribution in [0.1, 0.15) is 21.9 Å². The second-order valence-corrected chi connectivity index (χ2v) is 11.8. The number of nitrogens with zero attached hydrogens (tertiary/aromatic N) is 2. The molecule has 3 amide bonds. The Morgan fingerprint density at radius 3 is 2.40 bits per heavy atom. The molecule has 1 fully saturated rings. The number of rotatable bonds is 6. The number of benzene rings is 3. The number of anilines is 2. The van der Waals surface area contributed by atoms with Gasteiger partial charge < -0.3 is 10.1 Å². The third-order valence-corrected chi connectivity index (χ3v) is 9.75. The molecule has 10 heteroatoms. The Hall–Kier alpha value is -4.15. The summed E-state index contributed by atoms with van der Waals surface area (Å²) in [5, 5.41) is 2.66. The van der Waals surface area contributed by atoms with Crippen LogP contribution >= 0.6 is 23.1 Å². The number of methoxy groups -OCH3 is 1. The summed E-state index contributed by atoms with van der Waals surface area (Å²) < 4.78 is 6.74. The normalized spacial score (nSPS) is 19.8. The first-order valence-corrected chi connectivity index (χ1v) is 14.4. The number of nitrogens with one attached hydrogen (secondary N) is 1. The van der Waals surface area contributed by atoms with Crippen LogP contribution < -0.4 is 19.8 Å². The third kappa shape index (κ3) is 4.52. The lowest BCUT2D eigenvalue weighted by atomic mass is 9.83. The van der Waals surface area contributed by atoms with Gasteiger partial charge in [-0.25, -0.2) is 4.90 Å². The fraction of sp³-hybridized carbons (Fsp3) is 0.200. The second kappa shape index (κ2) is 10.4. The highest BCUT2D eigenvalue weighted by atomic mass is 32.2. The van der Waals surface area contributed by atoms with E-state index in [1.54, 1.807) is 49.6 Å². The zero-order chi connectivity index (χ0) is 28.0. The molecule has 4 aromatic rings. The van der Waals surface area contributed by atoms with Crippen molar-refractivity contribution in [1.82, 2.24) is 4.57 Å². The number of hydrogen-bond acceptors (Lipinski definition) is 7. The van der Waals surface area contributed by atoms with Crippen molar-refractivity contribution in [1.29, 1.82) is 0 Å². The second-order valence-electron chi connectivity index (χ2n) is 9.70. The lowest BCUT2D eigenvalue weighted by Crippen LogP contribution is -2.33. The van der Waals surface area contributed by atoms with Crippen molar-refractivity contribution >= 4 is 52.2 Å². The highest BCUT2D eigenvalue weighted by molar-refractivity contribution is 8.00. The summed E-state index contributed by atoms with van der Waals surface area (Å²) in [6.45, 7) is 1.73. The van der Waals surface area contributed by atoms with Gasteiger partial charge in [-0.15, -0.1) is 0 Å². The van der Waals surface area contributed by atoms with Gasteiger partial charge in [-0.05, 0) is 54.4 Å². The van der Waals surface area contributed by atoms with Crippen molar-refractivity contribution in [3.8, 4) is 5.75 Å². The van der Waals surface area contributed by atoms with Crippen LogP contribution in [0.25, 0.3) is 0 Å². The average Bonchev–Trinajstić information content (AvgIpc) is 3.39. The van der Waals surface area contributed by atoms with Crippen LogP contribution in [0.3, 0.4) is 0 Å². The van der Waals surface area contributed by atoms with Crippen LogP contribution in [0.5, 0.6) is 5.75 Å². The standard InChI is InChI=1S/C30H25N3O5S2/c1-17-7-6-8-19(15-17)31-22(34)16-32-29-26(40-30(32)37)23(18-11-13-21(38-2)14-12-18)24-25(39-29)28(36)33(27(24)35)20-9-4-3-5-10-20/h3-15,23-25H,16H2,1-2H3,(H,31,34). The predicted molar refractivity (Wildman–Crippen MR) is 155 cm³/mol. The molecule has 0 radical (unpaired) electrons. The quantitative estimate of drug-likeness (QED) is 0.338. The average molecular weight is 572 g/mol. The van der Waals surface area contributed by atoms with Crippen molar-refractivity contribution in [2.24, 2.45) is 5.92 Å². The van der Waals surface area contributed by atoms with E-state index in [4.69, 9.17) is 4.74 Å². The van der Waals surface area contributed by atoms with E-state index in [0.717, 1.165) is 22.5 Å². The Bertz CT molecular complexity index is 1680. The fourth-order valence-corrected chi connectivity index (χ4v) is 8.10. The van der Waals surface area contributed by atoms with E-state index in [1.807, 2.05) is 43.3 Å². The number of aryl methyl sites for hydroxylation is 1. The van der Waals surface area contributed by atoms with Gasteiger partial charge in [-0.2, -0.15) is 0 Å². The van der Waals surface area contributed by atoms with E-state index >= 15 is 0 Å². The molecule has 2 aliphatic heterocycles. The number of hydrogen-bond donors (Lipinski definition) is 1. The van der Waals surface area contributed by atoms with Crippen LogP contribution in [-0.2, 0) is 20.9 Å². The van der Waals surface area contributed by atoms with Gasteiger partial charge in [0.25, 0.3) is 0 Å². The lowest BCUT2D eigenvalue weighted by Gasteiger charge is -2.30. The molecule has 0 aliphatic carbocycles. The Morgan fingerprint density at radius 1 is 0.950 bits per heavy atom. The maximum absolute atomic E-state index is 13.9. The molecule has 3 atom stereocenters. The van der Waals surface area contributed by atoms with Gasteiger partial charge in [-0.3, -0.25) is 23.7 Å². The van der Waals surface area contributed by atoms with Crippen molar-refractivity contribution < 1.29 is 19.1 Å². The van der Waals surface area contributed by atoms with E-state index in [9.17, 15) is 19.2 Å². The monoisotopic (exact) mass is 571 g/mol. The van der Waals surface area contributed by atoms with Crippen LogP contribution in [0, 0.1) is 12.8 Å². The largest absolute Gasteiger partial charge is 0.497 e. The topological polar surface area (TPSA) is 97.7 Å². The number of thiazole rings is 1. The highest BCUT2D eigenvalue weighted by Crippen LogP contribution is 2.54. The zero-order valence-electron chi connectivity index (χ0n) is 21.7. The van der Waals surface area contributed by atoms with Crippen molar-refractivity contribution in [2.75, 3.05) is 17.3 Å². The zero-order valence-corrected chi connectivity index (χ0v) is 23.3. The summed E-state index contributed by atoms with van der Waals surface area (Å²) in [6, 6.07) is 23.6. The number of amides is 3. The van der Waals surface area contributed by atoms with Gasteiger partial charge in [0.1, 0.15) is 17.5 Å². The Labute approximate surface area is 238 Å². The van der Waals surface area contributed by atoms with Crippen molar-refractivity contribution in [2.45, 2.75) is 29.7 Å². The molecular weight excluding hydrogens is 546 g/mol. The number of para-hydroxylation sites is 1. The van der Waals surface area contributed by atoms with E-state index in [1.165, 1.54) is 21.2 Å². The molecule has 6 rings (SSSR count). The van der Waals surface area contributed by atoms with E-state index < -0.39 is 17.1 Å².